The first-order valence-corrected chi connectivity index (χ1v) is 8.66. The van der Waals surface area contributed by atoms with Crippen LogP contribution in [0.3, 0.4) is 0 Å². The van der Waals surface area contributed by atoms with Gasteiger partial charge in [-0.15, -0.1) is 0 Å². The standard InChI is InChI=1S/C13H20N4O3S/c1-2-21(19,20)17-7-3-4-11(10-17)8-16-13(18)12-9-14-5-6-15-12/h5-6,9,11H,2-4,7-8,10H2,1H3,(H,16,18). The molecule has 7 nitrogen and oxygen atoms in total. The van der Waals surface area contributed by atoms with Gasteiger partial charge in [0.15, 0.2) is 0 Å². The maximum Gasteiger partial charge on any atom is 0.271 e. The lowest BCUT2D eigenvalue weighted by Gasteiger charge is -2.31. The molecule has 1 aliphatic heterocycles. The number of nitrogens with one attached hydrogen (secondary N) is 1. The molecule has 0 bridgehead atoms. The van der Waals surface area contributed by atoms with Gasteiger partial charge in [-0.1, -0.05) is 0 Å². The highest BCUT2D eigenvalue weighted by Crippen LogP contribution is 2.18. The molecule has 0 spiro atoms. The zero-order chi connectivity index (χ0) is 15.3. The number of nitrogens with zero attached hydrogens (tertiary/aromatic N) is 3. The average molecular weight is 312 g/mol. The average Bonchev–Trinajstić information content (AvgIpc) is 2.53. The van der Waals surface area contributed by atoms with Crippen molar-refractivity contribution in [2.75, 3.05) is 25.4 Å². The number of rotatable bonds is 5. The number of amides is 1. The Morgan fingerprint density at radius 1 is 1.48 bits per heavy atom. The van der Waals surface area contributed by atoms with Crippen LogP contribution in [-0.4, -0.2) is 54.0 Å². The second-order valence-electron chi connectivity index (χ2n) is 5.07. The third-order valence-corrected chi connectivity index (χ3v) is 5.44. The third-order valence-electron chi connectivity index (χ3n) is 3.59. The fourth-order valence-electron chi connectivity index (χ4n) is 2.37. The zero-order valence-corrected chi connectivity index (χ0v) is 12.8. The summed E-state index contributed by atoms with van der Waals surface area (Å²) in [7, 11) is -3.15. The minimum Gasteiger partial charge on any atom is -0.350 e. The molecule has 0 aliphatic carbocycles. The van der Waals surface area contributed by atoms with Crippen molar-refractivity contribution < 1.29 is 13.2 Å². The van der Waals surface area contributed by atoms with E-state index in [0.29, 0.717) is 19.6 Å². The van der Waals surface area contributed by atoms with Crippen LogP contribution in [0.5, 0.6) is 0 Å². The normalized spacial score (nSPS) is 20.1. The van der Waals surface area contributed by atoms with Gasteiger partial charge in [-0.05, 0) is 25.7 Å². The highest BCUT2D eigenvalue weighted by molar-refractivity contribution is 7.89. The number of aromatic nitrogens is 2. The Bertz CT molecular complexity index is 576. The van der Waals surface area contributed by atoms with Crippen molar-refractivity contribution in [3.05, 3.63) is 24.3 Å². The molecular weight excluding hydrogens is 292 g/mol. The van der Waals surface area contributed by atoms with E-state index in [1.165, 1.54) is 22.9 Å². The molecule has 1 atom stereocenters. The van der Waals surface area contributed by atoms with Crippen LogP contribution in [0.4, 0.5) is 0 Å². The first-order chi connectivity index (χ1) is 10.0. The summed E-state index contributed by atoms with van der Waals surface area (Å²) in [5.41, 5.74) is 0.270. The van der Waals surface area contributed by atoms with Crippen LogP contribution in [0, 0.1) is 5.92 Å². The fourth-order valence-corrected chi connectivity index (χ4v) is 3.58. The van der Waals surface area contributed by atoms with Gasteiger partial charge in [0.05, 0.1) is 11.9 Å². The van der Waals surface area contributed by atoms with Crippen LogP contribution in [0.25, 0.3) is 0 Å². The summed E-state index contributed by atoms with van der Waals surface area (Å²) < 4.78 is 25.3. The molecule has 1 N–H and O–H groups in total. The van der Waals surface area contributed by atoms with Crippen molar-refractivity contribution in [1.82, 2.24) is 19.6 Å². The topological polar surface area (TPSA) is 92.3 Å². The Balaban J connectivity index is 1.88. The molecule has 1 amide bonds. The molecule has 0 radical (unpaired) electrons. The van der Waals surface area contributed by atoms with Crippen molar-refractivity contribution in [3.8, 4) is 0 Å². The third kappa shape index (κ3) is 4.21. The number of hydrogen-bond donors (Lipinski definition) is 1. The Morgan fingerprint density at radius 2 is 2.29 bits per heavy atom. The van der Waals surface area contributed by atoms with Gasteiger partial charge < -0.3 is 5.32 Å². The molecule has 21 heavy (non-hydrogen) atoms. The second kappa shape index (κ2) is 6.95. The molecule has 0 saturated carbocycles. The molecule has 116 valence electrons. The van der Waals surface area contributed by atoms with Gasteiger partial charge in [-0.3, -0.25) is 9.78 Å². The maximum atomic E-state index is 11.9. The number of carbonyl (C=O) groups excluding carboxylic acids is 1. The summed E-state index contributed by atoms with van der Waals surface area (Å²) in [5.74, 6) is -0.0228. The highest BCUT2D eigenvalue weighted by Gasteiger charge is 2.27. The molecule has 1 aromatic rings. The molecule has 1 fully saturated rings. The van der Waals surface area contributed by atoms with E-state index in [9.17, 15) is 13.2 Å². The molecule has 1 unspecified atom stereocenters. The van der Waals surface area contributed by atoms with Crippen molar-refractivity contribution in [3.63, 3.8) is 0 Å². The number of hydrogen-bond acceptors (Lipinski definition) is 5. The van der Waals surface area contributed by atoms with E-state index in [2.05, 4.69) is 15.3 Å². The van der Waals surface area contributed by atoms with Gasteiger partial charge in [0.2, 0.25) is 10.0 Å². The molecule has 1 aromatic heterocycles. The van der Waals surface area contributed by atoms with E-state index in [0.717, 1.165) is 12.8 Å². The van der Waals surface area contributed by atoms with Crippen molar-refractivity contribution >= 4 is 15.9 Å². The van der Waals surface area contributed by atoms with Crippen LogP contribution in [0.1, 0.15) is 30.3 Å². The lowest BCUT2D eigenvalue weighted by molar-refractivity contribution is 0.0936. The van der Waals surface area contributed by atoms with E-state index in [1.807, 2.05) is 0 Å². The zero-order valence-electron chi connectivity index (χ0n) is 12.0. The molecule has 2 heterocycles. The van der Waals surface area contributed by atoms with Crippen LogP contribution >= 0.6 is 0 Å². The summed E-state index contributed by atoms with van der Waals surface area (Å²) in [5, 5.41) is 2.80. The van der Waals surface area contributed by atoms with Crippen LogP contribution in [-0.2, 0) is 10.0 Å². The van der Waals surface area contributed by atoms with Crippen LogP contribution in [0.15, 0.2) is 18.6 Å². The first kappa shape index (κ1) is 15.8. The van der Waals surface area contributed by atoms with Crippen LogP contribution < -0.4 is 5.32 Å². The highest BCUT2D eigenvalue weighted by atomic mass is 32.2. The molecule has 1 aliphatic rings. The Hall–Kier alpha value is -1.54. The second-order valence-corrected chi connectivity index (χ2v) is 7.33. The minimum absolute atomic E-state index is 0.117. The van der Waals surface area contributed by atoms with Gasteiger partial charge in [-0.2, -0.15) is 0 Å². The van der Waals surface area contributed by atoms with E-state index in [4.69, 9.17) is 0 Å². The predicted molar refractivity (Wildman–Crippen MR) is 78.1 cm³/mol. The molecule has 1 saturated heterocycles. The molecule has 0 aromatic carbocycles. The predicted octanol–water partition coefficient (Wildman–Crippen LogP) is 0.268. The van der Waals surface area contributed by atoms with E-state index in [-0.39, 0.29) is 23.3 Å². The smallest absolute Gasteiger partial charge is 0.271 e. The first-order valence-electron chi connectivity index (χ1n) is 7.05. The number of carbonyl (C=O) groups is 1. The Labute approximate surface area is 124 Å². The maximum absolute atomic E-state index is 11.9. The SMILES string of the molecule is CCS(=O)(=O)N1CCCC(CNC(=O)c2cnccn2)C1. The quantitative estimate of drug-likeness (QED) is 0.842. The largest absolute Gasteiger partial charge is 0.350 e. The van der Waals surface area contributed by atoms with Gasteiger partial charge in [0, 0.05) is 32.0 Å². The van der Waals surface area contributed by atoms with Crippen molar-refractivity contribution in [2.24, 2.45) is 5.92 Å². The minimum atomic E-state index is -3.15. The van der Waals surface area contributed by atoms with Crippen molar-refractivity contribution in [1.29, 1.82) is 0 Å². The van der Waals surface area contributed by atoms with Gasteiger partial charge >= 0.3 is 0 Å². The van der Waals surface area contributed by atoms with Gasteiger partial charge in [0.25, 0.3) is 5.91 Å². The molecule has 2 rings (SSSR count). The summed E-state index contributed by atoms with van der Waals surface area (Å²) in [4.78, 5) is 19.7. The van der Waals surface area contributed by atoms with E-state index < -0.39 is 10.0 Å². The lowest BCUT2D eigenvalue weighted by atomic mass is 10.00. The summed E-state index contributed by atoms with van der Waals surface area (Å²) in [6.07, 6.45) is 6.11. The summed E-state index contributed by atoms with van der Waals surface area (Å²) >= 11 is 0. The molecule has 8 heteroatoms. The summed E-state index contributed by atoms with van der Waals surface area (Å²) in [6.45, 7) is 3.14. The van der Waals surface area contributed by atoms with Gasteiger partial charge in [-0.25, -0.2) is 17.7 Å². The summed E-state index contributed by atoms with van der Waals surface area (Å²) in [6, 6.07) is 0. The number of sulfonamides is 1. The molecular formula is C13H20N4O3S. The fraction of sp³-hybridized carbons (Fsp3) is 0.615. The van der Waals surface area contributed by atoms with E-state index in [1.54, 1.807) is 6.92 Å². The Kier molecular flexibility index (Phi) is 5.24. The van der Waals surface area contributed by atoms with Gasteiger partial charge in [0.1, 0.15) is 5.69 Å². The Morgan fingerprint density at radius 3 is 2.95 bits per heavy atom. The van der Waals surface area contributed by atoms with Crippen molar-refractivity contribution in [2.45, 2.75) is 19.8 Å². The van der Waals surface area contributed by atoms with E-state index >= 15 is 0 Å². The van der Waals surface area contributed by atoms with Crippen LogP contribution in [0.2, 0.25) is 0 Å². The monoisotopic (exact) mass is 312 g/mol. The lowest BCUT2D eigenvalue weighted by Crippen LogP contribution is -2.44. The number of piperidine rings is 1.